The van der Waals surface area contributed by atoms with E-state index < -0.39 is 12.8 Å². The van der Waals surface area contributed by atoms with E-state index in [-0.39, 0.29) is 36.7 Å². The molecule has 0 aliphatic heterocycles. The molecule has 0 aliphatic rings. The first-order valence-corrected chi connectivity index (χ1v) is 10.1. The fourth-order valence-corrected chi connectivity index (χ4v) is 2.55. The molecule has 0 aliphatic carbocycles. The first kappa shape index (κ1) is 28.0. The van der Waals surface area contributed by atoms with Crippen molar-refractivity contribution in [1.82, 2.24) is 15.6 Å². The van der Waals surface area contributed by atoms with Crippen molar-refractivity contribution in [3.05, 3.63) is 59.3 Å². The average molecular weight is 566 g/mol. The van der Waals surface area contributed by atoms with Crippen molar-refractivity contribution in [2.75, 3.05) is 13.2 Å². The van der Waals surface area contributed by atoms with Crippen molar-refractivity contribution in [2.45, 2.75) is 52.7 Å². The molecule has 1 aromatic heterocycles. The number of alkyl halides is 3. The summed E-state index contributed by atoms with van der Waals surface area (Å²) in [4.78, 5) is 8.83. The fourth-order valence-electron chi connectivity index (χ4n) is 2.55. The predicted octanol–water partition coefficient (Wildman–Crippen LogP) is 4.82. The minimum Gasteiger partial charge on any atom is -0.475 e. The summed E-state index contributed by atoms with van der Waals surface area (Å²) >= 11 is 0. The Bertz CT molecular complexity index is 813. The molecule has 0 unspecified atom stereocenters. The van der Waals surface area contributed by atoms with Gasteiger partial charge in [-0.15, -0.1) is 24.0 Å². The Morgan fingerprint density at radius 1 is 1.03 bits per heavy atom. The largest absolute Gasteiger partial charge is 0.475 e. The van der Waals surface area contributed by atoms with Crippen molar-refractivity contribution in [3.63, 3.8) is 0 Å². The smallest absolute Gasteiger partial charge is 0.411 e. The molecule has 0 saturated carbocycles. The van der Waals surface area contributed by atoms with Gasteiger partial charge in [0, 0.05) is 25.4 Å². The molecule has 0 saturated heterocycles. The number of guanidine groups is 1. The molecule has 2 N–H and O–H groups in total. The van der Waals surface area contributed by atoms with E-state index in [1.54, 1.807) is 18.3 Å². The van der Waals surface area contributed by atoms with E-state index in [9.17, 15) is 13.2 Å². The summed E-state index contributed by atoms with van der Waals surface area (Å²) in [5, 5.41) is 6.42. The molecular formula is C22H30F3IN4O2. The number of ether oxygens (including phenoxy) is 2. The first-order chi connectivity index (χ1) is 14.7. The van der Waals surface area contributed by atoms with E-state index in [2.05, 4.69) is 25.3 Å². The van der Waals surface area contributed by atoms with Gasteiger partial charge in [0.15, 0.2) is 5.96 Å². The fraction of sp³-hybridized carbons (Fsp3) is 0.455. The van der Waals surface area contributed by atoms with Gasteiger partial charge in [-0.2, -0.15) is 13.2 Å². The Balaban J connectivity index is 0.00000512. The number of hydrogen-bond acceptors (Lipinski definition) is 4. The maximum atomic E-state index is 12.1. The Labute approximate surface area is 204 Å². The molecule has 0 spiro atoms. The minimum atomic E-state index is -4.31. The Morgan fingerprint density at radius 3 is 2.25 bits per heavy atom. The zero-order valence-corrected chi connectivity index (χ0v) is 20.7. The van der Waals surface area contributed by atoms with Crippen molar-refractivity contribution in [2.24, 2.45) is 4.99 Å². The number of benzene rings is 1. The summed E-state index contributed by atoms with van der Waals surface area (Å²) in [7, 11) is 0. The van der Waals surface area contributed by atoms with Crippen LogP contribution in [0.2, 0.25) is 0 Å². The van der Waals surface area contributed by atoms with Crippen LogP contribution < -0.4 is 15.4 Å². The van der Waals surface area contributed by atoms with E-state index in [0.717, 1.165) is 11.1 Å². The molecule has 32 heavy (non-hydrogen) atoms. The van der Waals surface area contributed by atoms with Crippen LogP contribution in [0.3, 0.4) is 0 Å². The SMILES string of the molecule is CCNC(=NCc1ccc(OC(C)C)nc1)NCc1ccc(COCC(F)(F)F)cc1.I. The lowest BCUT2D eigenvalue weighted by Crippen LogP contribution is -2.36. The highest BCUT2D eigenvalue weighted by Crippen LogP contribution is 2.16. The van der Waals surface area contributed by atoms with Gasteiger partial charge in [0.1, 0.15) is 6.61 Å². The summed E-state index contributed by atoms with van der Waals surface area (Å²) in [5.41, 5.74) is 2.62. The first-order valence-electron chi connectivity index (χ1n) is 10.1. The summed E-state index contributed by atoms with van der Waals surface area (Å²) in [6, 6.07) is 11.0. The summed E-state index contributed by atoms with van der Waals surface area (Å²) < 4.78 is 46.6. The highest BCUT2D eigenvalue weighted by molar-refractivity contribution is 14.0. The molecule has 6 nitrogen and oxygen atoms in total. The number of nitrogens with zero attached hydrogens (tertiary/aromatic N) is 2. The highest BCUT2D eigenvalue weighted by atomic mass is 127. The number of aliphatic imine (C=N–C) groups is 1. The average Bonchev–Trinajstić information content (AvgIpc) is 2.71. The molecule has 10 heteroatoms. The van der Waals surface area contributed by atoms with E-state index in [1.807, 2.05) is 45.0 Å². The van der Waals surface area contributed by atoms with E-state index >= 15 is 0 Å². The van der Waals surface area contributed by atoms with Crippen LogP contribution in [-0.2, 0) is 24.4 Å². The molecule has 0 bridgehead atoms. The van der Waals surface area contributed by atoms with Gasteiger partial charge in [0.25, 0.3) is 0 Å². The zero-order valence-electron chi connectivity index (χ0n) is 18.4. The molecular weight excluding hydrogens is 536 g/mol. The topological polar surface area (TPSA) is 67.8 Å². The van der Waals surface area contributed by atoms with Crippen LogP contribution in [-0.4, -0.2) is 36.4 Å². The summed E-state index contributed by atoms with van der Waals surface area (Å²) in [5.74, 6) is 1.24. The van der Waals surface area contributed by atoms with Crippen molar-refractivity contribution >= 4 is 29.9 Å². The lowest BCUT2D eigenvalue weighted by Gasteiger charge is -2.12. The van der Waals surface area contributed by atoms with Gasteiger partial charge in [0.2, 0.25) is 5.88 Å². The molecule has 0 atom stereocenters. The van der Waals surface area contributed by atoms with Crippen LogP contribution in [0.15, 0.2) is 47.6 Å². The van der Waals surface area contributed by atoms with E-state index in [0.29, 0.717) is 37.0 Å². The standard InChI is InChI=1S/C22H29F3N4O2.HI/c1-4-26-21(29-13-19-9-10-20(27-12-19)31-16(2)3)28-11-17-5-7-18(8-6-17)14-30-15-22(23,24)25;/h5-10,12,16H,4,11,13-15H2,1-3H3,(H2,26,28,29);1H. The maximum absolute atomic E-state index is 12.1. The maximum Gasteiger partial charge on any atom is 0.411 e. The van der Waals surface area contributed by atoms with Gasteiger partial charge < -0.3 is 20.1 Å². The van der Waals surface area contributed by atoms with Crippen LogP contribution in [0, 0.1) is 0 Å². The second kappa shape index (κ2) is 14.1. The monoisotopic (exact) mass is 566 g/mol. The molecule has 0 amide bonds. The minimum absolute atomic E-state index is 0. The summed E-state index contributed by atoms with van der Waals surface area (Å²) in [6.45, 7) is 6.24. The Morgan fingerprint density at radius 2 is 1.69 bits per heavy atom. The van der Waals surface area contributed by atoms with Crippen molar-refractivity contribution in [1.29, 1.82) is 0 Å². The van der Waals surface area contributed by atoms with E-state index in [1.165, 1.54) is 0 Å². The Kier molecular flexibility index (Phi) is 12.4. The van der Waals surface area contributed by atoms with Crippen LogP contribution >= 0.6 is 24.0 Å². The van der Waals surface area contributed by atoms with Gasteiger partial charge in [-0.05, 0) is 37.5 Å². The van der Waals surface area contributed by atoms with Crippen LogP contribution in [0.25, 0.3) is 0 Å². The third-order valence-corrected chi connectivity index (χ3v) is 3.94. The third-order valence-electron chi connectivity index (χ3n) is 3.94. The molecule has 0 fully saturated rings. The van der Waals surface area contributed by atoms with Crippen LogP contribution in [0.4, 0.5) is 13.2 Å². The normalized spacial score (nSPS) is 11.8. The van der Waals surface area contributed by atoms with Gasteiger partial charge >= 0.3 is 6.18 Å². The van der Waals surface area contributed by atoms with Gasteiger partial charge in [-0.3, -0.25) is 0 Å². The number of rotatable bonds is 10. The van der Waals surface area contributed by atoms with Crippen LogP contribution in [0.5, 0.6) is 5.88 Å². The summed E-state index contributed by atoms with van der Waals surface area (Å²) in [6.07, 6.45) is -2.50. The number of hydrogen-bond donors (Lipinski definition) is 2. The number of pyridine rings is 1. The van der Waals surface area contributed by atoms with Crippen molar-refractivity contribution < 1.29 is 22.6 Å². The van der Waals surface area contributed by atoms with Gasteiger partial charge in [-0.25, -0.2) is 9.98 Å². The van der Waals surface area contributed by atoms with E-state index in [4.69, 9.17) is 4.74 Å². The predicted molar refractivity (Wildman–Crippen MR) is 129 cm³/mol. The third kappa shape index (κ3) is 11.5. The highest BCUT2D eigenvalue weighted by Gasteiger charge is 2.27. The second-order valence-electron chi connectivity index (χ2n) is 7.14. The lowest BCUT2D eigenvalue weighted by molar-refractivity contribution is -0.176. The molecule has 0 radical (unpaired) electrons. The second-order valence-corrected chi connectivity index (χ2v) is 7.14. The lowest BCUT2D eigenvalue weighted by atomic mass is 10.1. The van der Waals surface area contributed by atoms with Crippen LogP contribution in [0.1, 0.15) is 37.5 Å². The molecule has 178 valence electrons. The van der Waals surface area contributed by atoms with Gasteiger partial charge in [0.05, 0.1) is 19.3 Å². The molecule has 1 aromatic carbocycles. The zero-order chi connectivity index (χ0) is 22.7. The number of aromatic nitrogens is 1. The number of halogens is 4. The molecule has 1 heterocycles. The van der Waals surface area contributed by atoms with Gasteiger partial charge in [-0.1, -0.05) is 30.3 Å². The molecule has 2 rings (SSSR count). The van der Waals surface area contributed by atoms with Crippen molar-refractivity contribution in [3.8, 4) is 5.88 Å². The number of nitrogens with one attached hydrogen (secondary N) is 2. The quantitative estimate of drug-likeness (QED) is 0.245. The Hall–Kier alpha value is -2.08. The molecule has 2 aromatic rings.